The fourth-order valence-electron chi connectivity index (χ4n) is 1.65. The van der Waals surface area contributed by atoms with Crippen molar-refractivity contribution >= 4 is 5.97 Å². The molecule has 1 aliphatic heterocycles. The molecule has 0 amide bonds. The highest BCUT2D eigenvalue weighted by atomic mass is 16.5. The summed E-state index contributed by atoms with van der Waals surface area (Å²) in [5.74, 6) is -0.196. The van der Waals surface area contributed by atoms with Gasteiger partial charge in [0.2, 0.25) is 0 Å². The third kappa shape index (κ3) is 1.51. The Morgan fingerprint density at radius 1 is 1.57 bits per heavy atom. The molecule has 1 aliphatic rings. The lowest BCUT2D eigenvalue weighted by Crippen LogP contribution is -2.07. The largest absolute Gasteiger partial charge is 0.508 e. The van der Waals surface area contributed by atoms with Crippen LogP contribution in [0, 0.1) is 0 Å². The first-order valence-corrected chi connectivity index (χ1v) is 4.34. The lowest BCUT2D eigenvalue weighted by molar-refractivity contribution is -0.137. The molecule has 0 saturated heterocycles. The van der Waals surface area contributed by atoms with Crippen LogP contribution in [0.3, 0.4) is 0 Å². The van der Waals surface area contributed by atoms with E-state index in [2.05, 4.69) is 0 Å². The summed E-state index contributed by atoms with van der Waals surface area (Å²) in [6.07, 6.45) is 0.0672. The van der Waals surface area contributed by atoms with Crippen molar-refractivity contribution in [1.82, 2.24) is 0 Å². The van der Waals surface area contributed by atoms with E-state index < -0.39 is 5.97 Å². The van der Waals surface area contributed by atoms with E-state index >= 15 is 0 Å². The van der Waals surface area contributed by atoms with E-state index in [4.69, 9.17) is 14.9 Å². The zero-order chi connectivity index (χ0) is 10.1. The minimum absolute atomic E-state index is 0.0672. The number of aromatic hydroxyl groups is 1. The van der Waals surface area contributed by atoms with Crippen LogP contribution < -0.4 is 4.74 Å². The minimum Gasteiger partial charge on any atom is -0.508 e. The summed E-state index contributed by atoms with van der Waals surface area (Å²) in [5, 5.41) is 17.8. The number of phenolic OH excluding ortho intramolecular Hbond substituents is 1. The van der Waals surface area contributed by atoms with E-state index in [1.165, 1.54) is 6.07 Å². The number of phenols is 1. The number of fused-ring (bicyclic) bond motifs is 1. The van der Waals surface area contributed by atoms with E-state index in [9.17, 15) is 4.79 Å². The van der Waals surface area contributed by atoms with Gasteiger partial charge in [-0.1, -0.05) is 6.07 Å². The van der Waals surface area contributed by atoms with Crippen LogP contribution in [0.1, 0.15) is 17.9 Å². The van der Waals surface area contributed by atoms with Gasteiger partial charge in [-0.3, -0.25) is 4.79 Å². The molecule has 0 saturated carbocycles. The summed E-state index contributed by atoms with van der Waals surface area (Å²) in [7, 11) is 0. The molecule has 1 aromatic rings. The fraction of sp³-hybridized carbons (Fsp3) is 0.300. The summed E-state index contributed by atoms with van der Waals surface area (Å²) in [6, 6.07) is 4.77. The van der Waals surface area contributed by atoms with Gasteiger partial charge in [0.05, 0.1) is 13.0 Å². The van der Waals surface area contributed by atoms with Gasteiger partial charge in [0.15, 0.2) is 0 Å². The van der Waals surface area contributed by atoms with Crippen molar-refractivity contribution in [3.8, 4) is 11.5 Å². The van der Waals surface area contributed by atoms with Crippen molar-refractivity contribution in [2.45, 2.75) is 12.3 Å². The number of carboxylic acid groups (broad SMARTS) is 1. The third-order valence-electron chi connectivity index (χ3n) is 2.30. The molecule has 4 nitrogen and oxygen atoms in total. The Hall–Kier alpha value is -1.71. The molecule has 0 aromatic heterocycles. The number of rotatable bonds is 2. The standard InChI is InChI=1S/C10H10O4/c11-7-1-2-8-6(3-10(12)13)5-14-9(8)4-7/h1-2,4,6,11H,3,5H2,(H,12,13)/t6-/m0/s1. The van der Waals surface area contributed by atoms with Crippen LogP contribution in [0.25, 0.3) is 0 Å². The van der Waals surface area contributed by atoms with E-state index in [-0.39, 0.29) is 18.1 Å². The predicted octanol–water partition coefficient (Wildman–Crippen LogP) is 1.34. The lowest BCUT2D eigenvalue weighted by Gasteiger charge is -2.03. The van der Waals surface area contributed by atoms with Crippen LogP contribution >= 0.6 is 0 Å². The van der Waals surface area contributed by atoms with E-state index in [1.807, 2.05) is 0 Å². The Labute approximate surface area is 80.7 Å². The van der Waals surface area contributed by atoms with Crippen LogP contribution in [0.15, 0.2) is 18.2 Å². The van der Waals surface area contributed by atoms with Gasteiger partial charge in [0.25, 0.3) is 0 Å². The van der Waals surface area contributed by atoms with Crippen molar-refractivity contribution in [2.24, 2.45) is 0 Å². The summed E-state index contributed by atoms with van der Waals surface area (Å²) in [5.41, 5.74) is 0.866. The highest BCUT2D eigenvalue weighted by Gasteiger charge is 2.26. The van der Waals surface area contributed by atoms with Crippen LogP contribution in [-0.4, -0.2) is 22.8 Å². The predicted molar refractivity (Wildman–Crippen MR) is 48.6 cm³/mol. The lowest BCUT2D eigenvalue weighted by atomic mass is 9.98. The van der Waals surface area contributed by atoms with Crippen molar-refractivity contribution in [2.75, 3.05) is 6.61 Å². The van der Waals surface area contributed by atoms with Gasteiger partial charge in [-0.15, -0.1) is 0 Å². The first-order valence-electron chi connectivity index (χ1n) is 4.34. The number of aliphatic carboxylic acids is 1. The molecule has 4 heteroatoms. The molecule has 0 bridgehead atoms. The van der Waals surface area contributed by atoms with Crippen molar-refractivity contribution in [3.63, 3.8) is 0 Å². The van der Waals surface area contributed by atoms with Gasteiger partial charge in [0.1, 0.15) is 11.5 Å². The summed E-state index contributed by atoms with van der Waals surface area (Å²) in [4.78, 5) is 10.5. The van der Waals surface area contributed by atoms with E-state index in [1.54, 1.807) is 12.1 Å². The van der Waals surface area contributed by atoms with Crippen LogP contribution in [0.5, 0.6) is 11.5 Å². The third-order valence-corrected chi connectivity index (χ3v) is 2.30. The summed E-state index contributed by atoms with van der Waals surface area (Å²) < 4.78 is 5.27. The zero-order valence-corrected chi connectivity index (χ0v) is 7.43. The Balaban J connectivity index is 2.26. The first kappa shape index (κ1) is 8.87. The fourth-order valence-corrected chi connectivity index (χ4v) is 1.65. The average Bonchev–Trinajstić information content (AvgIpc) is 2.47. The van der Waals surface area contributed by atoms with Crippen molar-refractivity contribution < 1.29 is 19.7 Å². The monoisotopic (exact) mass is 194 g/mol. The molecular weight excluding hydrogens is 184 g/mol. The topological polar surface area (TPSA) is 66.8 Å². The van der Waals surface area contributed by atoms with E-state index in [0.717, 1.165) is 5.56 Å². The molecule has 0 aliphatic carbocycles. The van der Waals surface area contributed by atoms with Crippen molar-refractivity contribution in [1.29, 1.82) is 0 Å². The Morgan fingerprint density at radius 3 is 3.07 bits per heavy atom. The SMILES string of the molecule is O=C(O)C[C@H]1COc2cc(O)ccc21. The average molecular weight is 194 g/mol. The maximum absolute atomic E-state index is 10.5. The normalized spacial score (nSPS) is 18.7. The molecule has 14 heavy (non-hydrogen) atoms. The number of carbonyl (C=O) groups is 1. The van der Waals surface area contributed by atoms with Gasteiger partial charge >= 0.3 is 5.97 Å². The second-order valence-electron chi connectivity index (χ2n) is 3.33. The Morgan fingerprint density at radius 2 is 2.36 bits per heavy atom. The van der Waals surface area contributed by atoms with Gasteiger partial charge in [-0.2, -0.15) is 0 Å². The second-order valence-corrected chi connectivity index (χ2v) is 3.33. The second kappa shape index (κ2) is 3.21. The maximum atomic E-state index is 10.5. The molecule has 1 atom stereocenters. The summed E-state index contributed by atoms with van der Waals surface area (Å²) in [6.45, 7) is 0.380. The number of hydrogen-bond acceptors (Lipinski definition) is 3. The Bertz CT molecular complexity index is 372. The van der Waals surface area contributed by atoms with Crippen LogP contribution in [-0.2, 0) is 4.79 Å². The molecule has 2 N–H and O–H groups in total. The van der Waals surface area contributed by atoms with Gasteiger partial charge in [-0.25, -0.2) is 0 Å². The summed E-state index contributed by atoms with van der Waals surface area (Å²) >= 11 is 0. The minimum atomic E-state index is -0.834. The molecule has 0 spiro atoms. The van der Waals surface area contributed by atoms with Gasteiger partial charge < -0.3 is 14.9 Å². The zero-order valence-electron chi connectivity index (χ0n) is 7.43. The first-order chi connectivity index (χ1) is 6.66. The number of carboxylic acids is 1. The van der Waals surface area contributed by atoms with Crippen LogP contribution in [0.2, 0.25) is 0 Å². The molecule has 74 valence electrons. The van der Waals surface area contributed by atoms with E-state index in [0.29, 0.717) is 12.4 Å². The number of hydrogen-bond donors (Lipinski definition) is 2. The Kier molecular flexibility index (Phi) is 2.04. The number of ether oxygens (including phenoxy) is 1. The highest BCUT2D eigenvalue weighted by Crippen LogP contribution is 2.37. The molecule has 0 radical (unpaired) electrons. The quantitative estimate of drug-likeness (QED) is 0.745. The van der Waals surface area contributed by atoms with Gasteiger partial charge in [-0.05, 0) is 6.07 Å². The molecular formula is C10H10O4. The smallest absolute Gasteiger partial charge is 0.304 e. The van der Waals surface area contributed by atoms with Crippen LogP contribution in [0.4, 0.5) is 0 Å². The van der Waals surface area contributed by atoms with Crippen molar-refractivity contribution in [3.05, 3.63) is 23.8 Å². The molecule has 1 heterocycles. The number of benzene rings is 1. The molecule has 0 fully saturated rings. The molecule has 1 aromatic carbocycles. The highest BCUT2D eigenvalue weighted by molar-refractivity contribution is 5.68. The molecule has 0 unspecified atom stereocenters. The van der Waals surface area contributed by atoms with Gasteiger partial charge in [0, 0.05) is 17.5 Å². The molecule has 2 rings (SSSR count). The maximum Gasteiger partial charge on any atom is 0.304 e.